The fourth-order valence-corrected chi connectivity index (χ4v) is 3.35. The van der Waals surface area contributed by atoms with Crippen LogP contribution in [-0.4, -0.2) is 37.1 Å². The number of carbonyl (C=O) groups excluding carboxylic acids is 1. The van der Waals surface area contributed by atoms with E-state index < -0.39 is 0 Å². The molecule has 0 saturated carbocycles. The Hall–Kier alpha value is -3.33. The zero-order chi connectivity index (χ0) is 20.6. The summed E-state index contributed by atoms with van der Waals surface area (Å²) in [6.07, 6.45) is 0.713. The number of carbonyl (C=O) groups is 1. The van der Waals surface area contributed by atoms with E-state index in [-0.39, 0.29) is 17.6 Å². The number of aliphatic imine (C=N–C) groups is 1. The number of methoxy groups -OCH3 is 1. The number of amides is 1. The Morgan fingerprint density at radius 2 is 2.14 bits per heavy atom. The minimum Gasteiger partial charge on any atom is -0.496 e. The molecule has 0 spiro atoms. The van der Waals surface area contributed by atoms with Crippen molar-refractivity contribution in [3.63, 3.8) is 0 Å². The van der Waals surface area contributed by atoms with Crippen LogP contribution < -0.4 is 21.1 Å². The summed E-state index contributed by atoms with van der Waals surface area (Å²) in [7, 11) is 1.65. The van der Waals surface area contributed by atoms with Gasteiger partial charge in [-0.15, -0.1) is 11.3 Å². The van der Waals surface area contributed by atoms with Crippen LogP contribution in [0, 0.1) is 0 Å². The Morgan fingerprint density at radius 3 is 2.93 bits per heavy atom. The molecule has 9 heteroatoms. The molecule has 3 rings (SSSR count). The van der Waals surface area contributed by atoms with E-state index in [1.54, 1.807) is 19.2 Å². The summed E-state index contributed by atoms with van der Waals surface area (Å²) in [4.78, 5) is 20.6. The van der Waals surface area contributed by atoms with Crippen molar-refractivity contribution in [1.29, 1.82) is 0 Å². The van der Waals surface area contributed by atoms with Gasteiger partial charge in [-0.3, -0.25) is 9.79 Å². The minimum absolute atomic E-state index is 0.251. The summed E-state index contributed by atoms with van der Waals surface area (Å²) in [6, 6.07) is 11.2. The van der Waals surface area contributed by atoms with Crippen LogP contribution in [0.5, 0.6) is 5.75 Å². The Morgan fingerprint density at radius 1 is 1.31 bits per heavy atom. The van der Waals surface area contributed by atoms with Gasteiger partial charge in [0, 0.05) is 18.5 Å². The molecule has 0 saturated heterocycles. The van der Waals surface area contributed by atoms with E-state index in [4.69, 9.17) is 14.9 Å². The summed E-state index contributed by atoms with van der Waals surface area (Å²) < 4.78 is 10.9. The van der Waals surface area contributed by atoms with Gasteiger partial charge in [0.05, 0.1) is 7.11 Å². The predicted octanol–water partition coefficient (Wildman–Crippen LogP) is 3.13. The highest BCUT2D eigenvalue weighted by Gasteiger charge is 2.13. The zero-order valence-electron chi connectivity index (χ0n) is 16.3. The second kappa shape index (κ2) is 9.74. The van der Waals surface area contributed by atoms with Gasteiger partial charge in [-0.1, -0.05) is 18.2 Å². The first-order chi connectivity index (χ1) is 14.1. The van der Waals surface area contributed by atoms with Crippen LogP contribution in [0.25, 0.3) is 11.5 Å². The first-order valence-electron chi connectivity index (χ1n) is 9.13. The molecular formula is C20H23N5O3S. The number of nitrogens with zero attached hydrogens (tertiary/aromatic N) is 2. The van der Waals surface area contributed by atoms with Gasteiger partial charge in [0.25, 0.3) is 5.91 Å². The van der Waals surface area contributed by atoms with Crippen LogP contribution in [0.15, 0.2) is 51.2 Å². The van der Waals surface area contributed by atoms with Gasteiger partial charge in [0.15, 0.2) is 22.6 Å². The fraction of sp³-hybridized carbons (Fsp3) is 0.250. The molecule has 2 aromatic heterocycles. The molecule has 0 aliphatic carbocycles. The third kappa shape index (κ3) is 5.35. The molecule has 152 valence electrons. The van der Waals surface area contributed by atoms with Crippen molar-refractivity contribution in [2.45, 2.75) is 13.3 Å². The largest absolute Gasteiger partial charge is 0.496 e. The molecule has 8 nitrogen and oxygen atoms in total. The van der Waals surface area contributed by atoms with Crippen molar-refractivity contribution in [3.8, 4) is 17.2 Å². The van der Waals surface area contributed by atoms with Crippen LogP contribution in [0.4, 0.5) is 5.13 Å². The highest BCUT2D eigenvalue weighted by atomic mass is 32.1. The number of ether oxygens (including phenoxy) is 1. The van der Waals surface area contributed by atoms with E-state index in [9.17, 15) is 4.79 Å². The van der Waals surface area contributed by atoms with Gasteiger partial charge >= 0.3 is 0 Å². The Balaban J connectivity index is 1.58. The second-order valence-corrected chi connectivity index (χ2v) is 6.87. The summed E-state index contributed by atoms with van der Waals surface area (Å²) in [5.41, 5.74) is 7.66. The first kappa shape index (κ1) is 20.4. The number of nitrogens with one attached hydrogen (secondary N) is 2. The number of hydrogen-bond acceptors (Lipinski definition) is 6. The van der Waals surface area contributed by atoms with Crippen molar-refractivity contribution < 1.29 is 13.9 Å². The number of anilines is 1. The smallest absolute Gasteiger partial charge is 0.287 e. The number of nitrogens with two attached hydrogens (primary N) is 1. The maximum atomic E-state index is 11.8. The van der Waals surface area contributed by atoms with E-state index >= 15 is 0 Å². The van der Waals surface area contributed by atoms with E-state index in [2.05, 4.69) is 20.6 Å². The molecule has 0 atom stereocenters. The van der Waals surface area contributed by atoms with Crippen LogP contribution in [-0.2, 0) is 6.42 Å². The first-order valence-corrected chi connectivity index (χ1v) is 10.0. The molecule has 2 heterocycles. The molecule has 1 aromatic carbocycles. The molecule has 0 unspecified atom stereocenters. The third-order valence-electron chi connectivity index (χ3n) is 4.01. The highest BCUT2D eigenvalue weighted by Crippen LogP contribution is 2.26. The predicted molar refractivity (Wildman–Crippen MR) is 115 cm³/mol. The van der Waals surface area contributed by atoms with Crippen molar-refractivity contribution in [2.75, 3.05) is 25.5 Å². The Bertz CT molecular complexity index is 995. The maximum absolute atomic E-state index is 11.8. The second-order valence-electron chi connectivity index (χ2n) is 6.02. The van der Waals surface area contributed by atoms with Crippen LogP contribution in [0.1, 0.15) is 23.0 Å². The molecule has 0 aliphatic rings. The molecule has 0 aliphatic heterocycles. The van der Waals surface area contributed by atoms with Crippen LogP contribution in [0.2, 0.25) is 0 Å². The topological polar surface area (TPSA) is 115 Å². The number of thiazole rings is 1. The molecular weight excluding hydrogens is 390 g/mol. The molecule has 0 fully saturated rings. The van der Waals surface area contributed by atoms with Crippen molar-refractivity contribution >= 4 is 28.3 Å². The number of guanidine groups is 1. The standard InChI is InChI=1S/C20H23N5O3S/c1-3-22-18(26)17-9-8-16(28-17)14-12-29-20(24-14)25-19(21)23-11-10-13-6-4-5-7-15(13)27-2/h4-9,12H,3,10-11H2,1-2H3,(H,22,26)(H3,21,23,24,25). The zero-order valence-corrected chi connectivity index (χ0v) is 17.1. The average molecular weight is 414 g/mol. The summed E-state index contributed by atoms with van der Waals surface area (Å²) >= 11 is 1.37. The number of aromatic nitrogens is 1. The number of rotatable bonds is 8. The molecule has 1 amide bonds. The summed E-state index contributed by atoms with van der Waals surface area (Å²) in [5, 5.41) is 8.09. The number of hydrogen-bond donors (Lipinski definition) is 3. The molecule has 0 radical (unpaired) electrons. The van der Waals surface area contributed by atoms with Gasteiger partial charge in [0.1, 0.15) is 11.4 Å². The molecule has 3 aromatic rings. The van der Waals surface area contributed by atoms with Gasteiger partial charge in [-0.2, -0.15) is 0 Å². The van der Waals surface area contributed by atoms with Crippen molar-refractivity contribution in [2.24, 2.45) is 10.7 Å². The Labute approximate surface area is 172 Å². The van der Waals surface area contributed by atoms with Gasteiger partial charge in [-0.25, -0.2) is 4.98 Å². The lowest BCUT2D eigenvalue weighted by atomic mass is 10.1. The van der Waals surface area contributed by atoms with E-state index in [1.807, 2.05) is 36.6 Å². The van der Waals surface area contributed by atoms with Crippen molar-refractivity contribution in [1.82, 2.24) is 10.3 Å². The Kier molecular flexibility index (Phi) is 6.85. The van der Waals surface area contributed by atoms with Gasteiger partial charge in [0.2, 0.25) is 0 Å². The van der Waals surface area contributed by atoms with Gasteiger partial charge < -0.3 is 25.5 Å². The lowest BCUT2D eigenvalue weighted by Crippen LogP contribution is -2.23. The van der Waals surface area contributed by atoms with E-state index in [0.717, 1.165) is 11.3 Å². The highest BCUT2D eigenvalue weighted by molar-refractivity contribution is 7.14. The normalized spacial score (nSPS) is 11.3. The maximum Gasteiger partial charge on any atom is 0.287 e. The SMILES string of the molecule is CCNC(=O)c1ccc(-c2csc(NC(N)=NCCc3ccccc3OC)n2)o1. The fourth-order valence-electron chi connectivity index (χ4n) is 2.64. The van der Waals surface area contributed by atoms with Crippen molar-refractivity contribution in [3.05, 3.63) is 53.1 Å². The average Bonchev–Trinajstić information content (AvgIpc) is 3.38. The number of furan rings is 1. The molecule has 0 bridgehead atoms. The lowest BCUT2D eigenvalue weighted by Gasteiger charge is -2.06. The number of para-hydroxylation sites is 1. The minimum atomic E-state index is -0.251. The lowest BCUT2D eigenvalue weighted by molar-refractivity contribution is 0.0929. The van der Waals surface area contributed by atoms with Gasteiger partial charge in [-0.05, 0) is 37.1 Å². The summed E-state index contributed by atoms with van der Waals surface area (Å²) in [6.45, 7) is 2.91. The molecule has 29 heavy (non-hydrogen) atoms. The third-order valence-corrected chi connectivity index (χ3v) is 4.77. The monoisotopic (exact) mass is 413 g/mol. The number of benzene rings is 1. The summed E-state index contributed by atoms with van der Waals surface area (Å²) in [5.74, 6) is 1.63. The quantitative estimate of drug-likeness (QED) is 0.386. The van der Waals surface area contributed by atoms with E-state index in [1.165, 1.54) is 11.3 Å². The van der Waals surface area contributed by atoms with Crippen LogP contribution in [0.3, 0.4) is 0 Å². The van der Waals surface area contributed by atoms with E-state index in [0.29, 0.717) is 36.1 Å². The molecule has 4 N–H and O–H groups in total. The van der Waals surface area contributed by atoms with Crippen LogP contribution >= 0.6 is 11.3 Å².